The van der Waals surface area contributed by atoms with Gasteiger partial charge in [-0.1, -0.05) is 308 Å². The Bertz CT molecular complexity index is 3070. The van der Waals surface area contributed by atoms with Crippen LogP contribution in [0.4, 0.5) is 0 Å². The Morgan fingerprint density at radius 3 is 0.800 bits per heavy atom. The number of phosphoric acid groups is 1. The molecule has 0 radical (unpaired) electrons. The molecule has 21 rings (SSSR count). The number of fused-ring (bicyclic) bond motifs is 5. The van der Waals surface area contributed by atoms with Gasteiger partial charge in [0.2, 0.25) is 0 Å². The topological polar surface area (TPSA) is 55.8 Å². The van der Waals surface area contributed by atoms with E-state index in [-0.39, 0.29) is 86.6 Å². The summed E-state index contributed by atoms with van der Waals surface area (Å²) in [6, 6.07) is 0. The number of phosphoric ester groups is 1. The van der Waals surface area contributed by atoms with Gasteiger partial charge in [0.15, 0.2) is 0 Å². The zero-order chi connectivity index (χ0) is 70.6. The maximum Gasteiger partial charge on any atom is 0.473 e. The third kappa shape index (κ3) is 8.51. The van der Waals surface area contributed by atoms with E-state index in [0.29, 0.717) is 11.8 Å². The minimum Gasteiger partial charge on any atom is -0.302 e. The molecule has 0 aromatic carbocycles. The lowest BCUT2D eigenvalue weighted by Crippen LogP contribution is -2.90. The fourth-order valence-electron chi connectivity index (χ4n) is 45.1. The molecule has 21 aliphatic rings. The largest absolute Gasteiger partial charge is 0.473 e. The van der Waals surface area contributed by atoms with Gasteiger partial charge in [0.1, 0.15) is 0 Å². The van der Waals surface area contributed by atoms with E-state index in [0.717, 1.165) is 12.8 Å². The first-order chi connectivity index (χ1) is 51.5. The van der Waals surface area contributed by atoms with Gasteiger partial charge in [-0.3, -0.25) is 9.05 Å². The molecule has 592 valence electrons. The van der Waals surface area contributed by atoms with Crippen molar-refractivity contribution in [2.24, 2.45) is 98.5 Å². The molecule has 3 aliphatic heterocycles. The van der Waals surface area contributed by atoms with E-state index in [4.69, 9.17) is 0 Å². The van der Waals surface area contributed by atoms with Crippen molar-refractivity contribution in [2.75, 3.05) is 0 Å². The van der Waals surface area contributed by atoms with Gasteiger partial charge < -0.3 is 4.89 Å². The van der Waals surface area contributed by atoms with E-state index in [1.54, 1.807) is 12.8 Å². The van der Waals surface area contributed by atoms with Crippen LogP contribution in [-0.2, 0) is 13.6 Å². The Morgan fingerprint density at radius 2 is 0.448 bits per heavy atom. The second-order valence-electron chi connectivity index (χ2n) is 45.4. The number of hydrogen-bond donors (Lipinski definition) is 1. The summed E-state index contributed by atoms with van der Waals surface area (Å²) in [4.78, 5) is 16.7. The maximum atomic E-state index is 20.3. The zero-order valence-electron chi connectivity index (χ0n) is 68.8. The van der Waals surface area contributed by atoms with Crippen LogP contribution in [0.15, 0.2) is 0 Å². The SMILES string of the molecule is O=P1(O)OC23CCCCCC4(CCCCC2)C25CCCCCC2(CCCCC5)C25CCCCCC2(CCCCC5)C25C6(CCCCCC7(CCCCC6)C68CCCCCC6(CCCCC8)C6CCCCCC6C36CCCCCC762)C23CCCCCC2(CCCCC3)C23CCCCCC2(CCCCC3)C45O1. The van der Waals surface area contributed by atoms with Crippen LogP contribution in [0.3, 0.4) is 0 Å². The Labute approximate surface area is 645 Å². The maximum absolute atomic E-state index is 20.3. The molecule has 3 saturated heterocycles. The van der Waals surface area contributed by atoms with Crippen molar-refractivity contribution >= 4 is 7.82 Å². The molecule has 3 heterocycles. The molecule has 6 bridgehead atoms. The van der Waals surface area contributed by atoms with Crippen LogP contribution in [0, 0.1) is 98.5 Å². The molecule has 4 nitrogen and oxygen atoms in total. The zero-order valence-corrected chi connectivity index (χ0v) is 69.7. The van der Waals surface area contributed by atoms with Gasteiger partial charge in [0, 0.05) is 21.7 Å². The minimum atomic E-state index is -5.06. The first kappa shape index (κ1) is 74.0. The van der Waals surface area contributed by atoms with Gasteiger partial charge in [-0.15, -0.1) is 0 Å². The summed E-state index contributed by atoms with van der Waals surface area (Å²) in [5, 5.41) is 0. The van der Waals surface area contributed by atoms with E-state index in [1.807, 2.05) is 0 Å². The summed E-state index contributed by atoms with van der Waals surface area (Å²) in [6.07, 6.45) is 114. The van der Waals surface area contributed by atoms with E-state index in [9.17, 15) is 9.05 Å². The molecular weight excluding hydrogens is 1300 g/mol. The van der Waals surface area contributed by atoms with Crippen LogP contribution >= 0.6 is 7.82 Å². The quantitative estimate of drug-likeness (QED) is 0.246. The van der Waals surface area contributed by atoms with E-state index >= 15 is 9.46 Å². The second-order valence-corrected chi connectivity index (χ2v) is 46.7. The van der Waals surface area contributed by atoms with Crippen LogP contribution in [-0.4, -0.2) is 16.1 Å². The second kappa shape index (κ2) is 27.1. The smallest absolute Gasteiger partial charge is 0.302 e. The minimum absolute atomic E-state index is 0.0109. The molecule has 0 aromatic rings. The van der Waals surface area contributed by atoms with Gasteiger partial charge >= 0.3 is 7.82 Å². The van der Waals surface area contributed by atoms with Crippen molar-refractivity contribution < 1.29 is 18.5 Å². The van der Waals surface area contributed by atoms with Gasteiger partial charge in [-0.05, 0) is 282 Å². The molecular formula is C100H163O4P. The lowest BCUT2D eigenvalue weighted by molar-refractivity contribution is -0.459. The Balaban J connectivity index is 1.21. The normalized spacial score (nSPS) is 55.6. The molecule has 7 atom stereocenters. The van der Waals surface area contributed by atoms with Gasteiger partial charge in [0.25, 0.3) is 0 Å². The molecule has 18 saturated carbocycles. The highest BCUT2D eigenvalue weighted by molar-refractivity contribution is 7.47. The molecule has 5 heteroatoms. The van der Waals surface area contributed by atoms with Crippen molar-refractivity contribution in [2.45, 2.75) is 525 Å². The highest BCUT2D eigenvalue weighted by Gasteiger charge is 3.04. The number of hydrogen-bond acceptors (Lipinski definition) is 3. The van der Waals surface area contributed by atoms with E-state index < -0.39 is 19.0 Å². The highest BCUT2D eigenvalue weighted by Crippen LogP contribution is 3.07. The molecule has 0 aromatic heterocycles. The summed E-state index contributed by atoms with van der Waals surface area (Å²) in [5.41, 5.74) is -1.90. The van der Waals surface area contributed by atoms with Gasteiger partial charge in [-0.2, -0.15) is 0 Å². The number of rotatable bonds is 0. The average molecular weight is 1460 g/mol. The molecule has 1 N–H and O–H groups in total. The molecule has 3 spiro atoms. The van der Waals surface area contributed by atoms with Crippen molar-refractivity contribution in [1.29, 1.82) is 0 Å². The van der Waals surface area contributed by atoms with Crippen LogP contribution < -0.4 is 0 Å². The predicted octanol–water partition coefficient (Wildman–Crippen LogP) is 31.1. The van der Waals surface area contributed by atoms with Crippen LogP contribution in [0.25, 0.3) is 0 Å². The summed E-state index contributed by atoms with van der Waals surface area (Å²) < 4.78 is 40.6. The van der Waals surface area contributed by atoms with Crippen molar-refractivity contribution in [3.8, 4) is 0 Å². The third-order valence-corrected chi connectivity index (χ3v) is 46.0. The summed E-state index contributed by atoms with van der Waals surface area (Å²) in [5.74, 6) is 1.22. The summed E-state index contributed by atoms with van der Waals surface area (Å²) in [7, 11) is -5.06. The molecule has 18 aliphatic carbocycles. The first-order valence-electron chi connectivity index (χ1n) is 50.2. The van der Waals surface area contributed by atoms with Crippen LogP contribution in [0.2, 0.25) is 0 Å². The lowest BCUT2D eigenvalue weighted by atomic mass is 9.15. The Kier molecular flexibility index (Phi) is 19.1. The summed E-state index contributed by atoms with van der Waals surface area (Å²) in [6.45, 7) is 0. The highest BCUT2D eigenvalue weighted by atomic mass is 31.2. The fraction of sp³-hybridized carbons (Fsp3) is 1.00. The monoisotopic (exact) mass is 1460 g/mol. The Morgan fingerprint density at radius 1 is 0.210 bits per heavy atom. The average Bonchev–Trinajstić information content (AvgIpc) is 1.42. The molecule has 105 heavy (non-hydrogen) atoms. The van der Waals surface area contributed by atoms with Gasteiger partial charge in [-0.25, -0.2) is 4.57 Å². The standard InChI is InChI=1S/C100H163O4P/c101-105(102)103-96-77-45-14-43-75-95(76-44-15-46-78-96)89-63-31-6-25-57-86(89,58-26-7-32-64-89)88-61-29-8-37-69-92(88,70-38-9-30-62-88)99-93(87-59-27-4-23-55-85(87,56-24-5-28-60-87)90-65-33-10-41-73-94(90,100(95,99)104-105)74-42-11-34-66-90)71-39-12-35-67-91(68-36-13-40-72-93)84-53-21-2-19-51-83(84,52-20-3-22-54-84)81-49-17-1-18-50-82(81)97(96)79-47-16-48-80-98(91,97)99/h81-82H,1-80H2,(H,101,102). The van der Waals surface area contributed by atoms with Crippen molar-refractivity contribution in [3.63, 3.8) is 0 Å². The lowest BCUT2D eigenvalue weighted by Gasteiger charge is -2.90. The van der Waals surface area contributed by atoms with Crippen molar-refractivity contribution in [3.05, 3.63) is 0 Å². The molecule has 21 fully saturated rings. The predicted molar refractivity (Wildman–Crippen MR) is 433 cm³/mol. The third-order valence-electron chi connectivity index (χ3n) is 45.0. The molecule has 7 unspecified atom stereocenters. The fourth-order valence-corrected chi connectivity index (χ4v) is 46.7. The molecule has 0 amide bonds. The van der Waals surface area contributed by atoms with Crippen molar-refractivity contribution in [1.82, 2.24) is 0 Å². The van der Waals surface area contributed by atoms with E-state index in [1.165, 1.54) is 488 Å². The van der Waals surface area contributed by atoms with Crippen LogP contribution in [0.5, 0.6) is 0 Å². The van der Waals surface area contributed by atoms with E-state index in [2.05, 4.69) is 0 Å². The Hall–Kier alpha value is 0.110. The summed E-state index contributed by atoms with van der Waals surface area (Å²) >= 11 is 0. The van der Waals surface area contributed by atoms with Crippen LogP contribution in [0.1, 0.15) is 514 Å². The first-order valence-corrected chi connectivity index (χ1v) is 51.7. The van der Waals surface area contributed by atoms with Gasteiger partial charge in [0.05, 0.1) is 11.2 Å².